The first-order valence-corrected chi connectivity index (χ1v) is 7.52. The van der Waals surface area contributed by atoms with Gasteiger partial charge in [0, 0.05) is 25.4 Å². The van der Waals surface area contributed by atoms with Crippen molar-refractivity contribution >= 4 is 11.6 Å². The first-order valence-electron chi connectivity index (χ1n) is 7.52. The molecule has 0 bridgehead atoms. The van der Waals surface area contributed by atoms with Crippen LogP contribution in [0.15, 0.2) is 18.2 Å². The lowest BCUT2D eigenvalue weighted by atomic mass is 9.91. The van der Waals surface area contributed by atoms with Gasteiger partial charge < -0.3 is 20.1 Å². The molecule has 1 fully saturated rings. The smallest absolute Gasteiger partial charge is 0.244 e. The van der Waals surface area contributed by atoms with E-state index in [4.69, 9.17) is 15.2 Å². The van der Waals surface area contributed by atoms with E-state index in [0.717, 1.165) is 36.3 Å². The number of rotatable bonds is 3. The van der Waals surface area contributed by atoms with Crippen molar-refractivity contribution in [1.82, 2.24) is 0 Å². The number of nitrogens with zero attached hydrogens (tertiary/aromatic N) is 1. The zero-order chi connectivity index (χ0) is 14.8. The van der Waals surface area contributed by atoms with Crippen LogP contribution in [-0.4, -0.2) is 38.8 Å². The van der Waals surface area contributed by atoms with E-state index in [1.165, 1.54) is 0 Å². The maximum Gasteiger partial charge on any atom is 0.244 e. The van der Waals surface area contributed by atoms with Crippen molar-refractivity contribution in [2.75, 3.05) is 31.8 Å². The number of carbonyl (C=O) groups is 1. The van der Waals surface area contributed by atoms with Crippen LogP contribution < -0.4 is 15.4 Å². The molecule has 2 aliphatic rings. The minimum Gasteiger partial charge on any atom is -0.497 e. The van der Waals surface area contributed by atoms with Gasteiger partial charge in [0.05, 0.1) is 13.2 Å². The average molecular weight is 290 g/mol. The van der Waals surface area contributed by atoms with Crippen LogP contribution >= 0.6 is 0 Å². The third kappa shape index (κ3) is 2.76. The van der Waals surface area contributed by atoms with Gasteiger partial charge in [-0.25, -0.2) is 0 Å². The molecule has 2 heterocycles. The maximum atomic E-state index is 12.7. The number of carbonyl (C=O) groups excluding carboxylic acids is 1. The average Bonchev–Trinajstić information content (AvgIpc) is 2.97. The monoisotopic (exact) mass is 290 g/mol. The first-order chi connectivity index (χ1) is 10.2. The summed E-state index contributed by atoms with van der Waals surface area (Å²) in [6.45, 7) is 2.12. The fraction of sp³-hybridized carbons (Fsp3) is 0.562. The summed E-state index contributed by atoms with van der Waals surface area (Å²) in [6, 6.07) is 5.42. The zero-order valence-corrected chi connectivity index (χ0v) is 12.4. The molecule has 5 heteroatoms. The number of ether oxygens (including phenoxy) is 2. The van der Waals surface area contributed by atoms with Gasteiger partial charge in [0.15, 0.2) is 0 Å². The molecule has 1 atom stereocenters. The number of methoxy groups -OCH3 is 1. The highest BCUT2D eigenvalue weighted by molar-refractivity contribution is 5.99. The Morgan fingerprint density at radius 3 is 2.90 bits per heavy atom. The Balaban J connectivity index is 1.75. The van der Waals surface area contributed by atoms with Gasteiger partial charge in [-0.2, -0.15) is 0 Å². The summed E-state index contributed by atoms with van der Waals surface area (Å²) < 4.78 is 10.6. The van der Waals surface area contributed by atoms with Crippen LogP contribution in [-0.2, 0) is 16.0 Å². The van der Waals surface area contributed by atoms with Crippen LogP contribution in [0.1, 0.15) is 18.4 Å². The summed E-state index contributed by atoms with van der Waals surface area (Å²) in [6.07, 6.45) is 2.60. The molecule has 1 aromatic rings. The molecule has 2 aliphatic heterocycles. The Morgan fingerprint density at radius 1 is 1.43 bits per heavy atom. The predicted molar refractivity (Wildman–Crippen MR) is 80.6 cm³/mol. The molecule has 5 nitrogen and oxygen atoms in total. The van der Waals surface area contributed by atoms with Crippen molar-refractivity contribution in [1.29, 1.82) is 0 Å². The van der Waals surface area contributed by atoms with Gasteiger partial charge in [0.2, 0.25) is 5.91 Å². The normalized spacial score (nSPS) is 20.2. The second-order valence-corrected chi connectivity index (χ2v) is 5.71. The lowest BCUT2D eigenvalue weighted by molar-refractivity contribution is -0.121. The van der Waals surface area contributed by atoms with E-state index in [-0.39, 0.29) is 11.8 Å². The van der Waals surface area contributed by atoms with Gasteiger partial charge in [-0.05, 0) is 48.9 Å². The van der Waals surface area contributed by atoms with Crippen molar-refractivity contribution in [2.24, 2.45) is 11.7 Å². The van der Waals surface area contributed by atoms with E-state index in [1.54, 1.807) is 7.11 Å². The maximum absolute atomic E-state index is 12.7. The minimum atomic E-state index is -0.429. The molecule has 3 rings (SSSR count). The molecule has 1 saturated heterocycles. The SMILES string of the molecule is COc1ccc2c(c1)CCN2C(=O)C(N)C1CCOCC1. The molecule has 1 aromatic carbocycles. The molecule has 1 amide bonds. The summed E-state index contributed by atoms with van der Waals surface area (Å²) in [5.41, 5.74) is 8.34. The largest absolute Gasteiger partial charge is 0.497 e. The molecule has 2 N–H and O–H groups in total. The number of amides is 1. The standard InChI is InChI=1S/C16H22N2O3/c1-20-13-2-3-14-12(10-13)4-7-18(14)16(19)15(17)11-5-8-21-9-6-11/h2-3,10-11,15H,4-9,17H2,1H3. The van der Waals surface area contributed by atoms with Crippen molar-refractivity contribution in [3.8, 4) is 5.75 Å². The summed E-state index contributed by atoms with van der Waals surface area (Å²) >= 11 is 0. The lowest BCUT2D eigenvalue weighted by Crippen LogP contribution is -2.48. The summed E-state index contributed by atoms with van der Waals surface area (Å²) in [5, 5.41) is 0. The molecule has 21 heavy (non-hydrogen) atoms. The second-order valence-electron chi connectivity index (χ2n) is 5.71. The topological polar surface area (TPSA) is 64.8 Å². The number of hydrogen-bond acceptors (Lipinski definition) is 4. The van der Waals surface area contributed by atoms with Crippen molar-refractivity contribution in [2.45, 2.75) is 25.3 Å². The van der Waals surface area contributed by atoms with Crippen LogP contribution in [0.3, 0.4) is 0 Å². The minimum absolute atomic E-state index is 0.0332. The van der Waals surface area contributed by atoms with Crippen LogP contribution in [0.5, 0.6) is 5.75 Å². The van der Waals surface area contributed by atoms with Gasteiger partial charge in [0.1, 0.15) is 5.75 Å². The van der Waals surface area contributed by atoms with Crippen molar-refractivity contribution < 1.29 is 14.3 Å². The summed E-state index contributed by atoms with van der Waals surface area (Å²) in [5.74, 6) is 1.09. The fourth-order valence-corrected chi connectivity index (χ4v) is 3.19. The van der Waals surface area contributed by atoms with Crippen molar-refractivity contribution in [3.63, 3.8) is 0 Å². The Bertz CT molecular complexity index is 526. The number of fused-ring (bicyclic) bond motifs is 1. The quantitative estimate of drug-likeness (QED) is 0.912. The van der Waals surface area contributed by atoms with Gasteiger partial charge in [-0.15, -0.1) is 0 Å². The van der Waals surface area contributed by atoms with Crippen LogP contribution in [0.2, 0.25) is 0 Å². The molecule has 0 aliphatic carbocycles. The molecule has 0 spiro atoms. The van der Waals surface area contributed by atoms with Gasteiger partial charge in [0.25, 0.3) is 0 Å². The zero-order valence-electron chi connectivity index (χ0n) is 12.4. The Morgan fingerprint density at radius 2 is 2.19 bits per heavy atom. The molecular formula is C16H22N2O3. The number of hydrogen-bond donors (Lipinski definition) is 1. The van der Waals surface area contributed by atoms with Crippen molar-refractivity contribution in [3.05, 3.63) is 23.8 Å². The van der Waals surface area contributed by atoms with E-state index in [9.17, 15) is 4.79 Å². The molecule has 1 unspecified atom stereocenters. The highest BCUT2D eigenvalue weighted by Gasteiger charge is 2.33. The van der Waals surface area contributed by atoms with Crippen LogP contribution in [0.25, 0.3) is 0 Å². The number of nitrogens with two attached hydrogens (primary N) is 1. The number of anilines is 1. The van der Waals surface area contributed by atoms with Gasteiger partial charge in [-0.3, -0.25) is 4.79 Å². The third-order valence-corrected chi connectivity index (χ3v) is 4.51. The molecule has 0 radical (unpaired) electrons. The Labute approximate surface area is 125 Å². The highest BCUT2D eigenvalue weighted by atomic mass is 16.5. The Kier molecular flexibility index (Phi) is 4.12. The second kappa shape index (κ2) is 6.03. The van der Waals surface area contributed by atoms with E-state index >= 15 is 0 Å². The van der Waals surface area contributed by atoms with Gasteiger partial charge >= 0.3 is 0 Å². The molecule has 0 aromatic heterocycles. The van der Waals surface area contributed by atoms with Gasteiger partial charge in [-0.1, -0.05) is 0 Å². The van der Waals surface area contributed by atoms with E-state index in [2.05, 4.69) is 0 Å². The van der Waals surface area contributed by atoms with E-state index in [1.807, 2.05) is 23.1 Å². The summed E-state index contributed by atoms with van der Waals surface area (Å²) in [4.78, 5) is 14.5. The fourth-order valence-electron chi connectivity index (χ4n) is 3.19. The van der Waals surface area contributed by atoms with Crippen LogP contribution in [0, 0.1) is 5.92 Å². The highest BCUT2D eigenvalue weighted by Crippen LogP contribution is 2.32. The molecule has 114 valence electrons. The van der Waals surface area contributed by atoms with E-state index in [0.29, 0.717) is 19.8 Å². The van der Waals surface area contributed by atoms with Crippen LogP contribution in [0.4, 0.5) is 5.69 Å². The first kappa shape index (κ1) is 14.4. The third-order valence-electron chi connectivity index (χ3n) is 4.51. The summed E-state index contributed by atoms with van der Waals surface area (Å²) in [7, 11) is 1.65. The molecule has 0 saturated carbocycles. The Hall–Kier alpha value is -1.59. The lowest BCUT2D eigenvalue weighted by Gasteiger charge is -2.30. The number of benzene rings is 1. The molecular weight excluding hydrogens is 268 g/mol. The predicted octanol–water partition coefficient (Wildman–Crippen LogP) is 1.34. The van der Waals surface area contributed by atoms with E-state index < -0.39 is 6.04 Å².